The Balaban J connectivity index is 1.77. The first-order chi connectivity index (χ1) is 11.2. The second kappa shape index (κ2) is 6.82. The summed E-state index contributed by atoms with van der Waals surface area (Å²) in [4.78, 5) is 6.47. The first kappa shape index (κ1) is 15.5. The van der Waals surface area contributed by atoms with E-state index in [9.17, 15) is 0 Å². The van der Waals surface area contributed by atoms with Crippen molar-refractivity contribution < 1.29 is 5.11 Å². The number of nitrogens with zero attached hydrogens (tertiary/aromatic N) is 4. The molecule has 3 heterocycles. The van der Waals surface area contributed by atoms with Crippen molar-refractivity contribution in [1.82, 2.24) is 19.3 Å². The molecule has 0 spiro atoms. The molecular formula is C17H18N4OS. The molecule has 0 bridgehead atoms. The summed E-state index contributed by atoms with van der Waals surface area (Å²) in [5.74, 6) is 6.54. The number of thiophene rings is 1. The molecule has 3 rings (SSSR count). The van der Waals surface area contributed by atoms with E-state index in [0.29, 0.717) is 0 Å². The van der Waals surface area contributed by atoms with E-state index >= 15 is 0 Å². The van der Waals surface area contributed by atoms with E-state index in [4.69, 9.17) is 5.11 Å². The molecule has 1 N–H and O–H groups in total. The van der Waals surface area contributed by atoms with Gasteiger partial charge in [0.1, 0.15) is 12.4 Å². The monoisotopic (exact) mass is 326 g/mol. The molecule has 0 aliphatic heterocycles. The maximum Gasteiger partial charge on any atom is 0.150 e. The maximum absolute atomic E-state index is 8.77. The quantitative estimate of drug-likeness (QED) is 0.749. The summed E-state index contributed by atoms with van der Waals surface area (Å²) in [5.41, 5.74) is 2.21. The number of hydrogen-bond donors (Lipinski definition) is 1. The molecular weight excluding hydrogens is 308 g/mol. The zero-order valence-corrected chi connectivity index (χ0v) is 14.0. The Morgan fingerprint density at radius 1 is 1.26 bits per heavy atom. The molecule has 23 heavy (non-hydrogen) atoms. The smallest absolute Gasteiger partial charge is 0.150 e. The highest BCUT2D eigenvalue weighted by molar-refractivity contribution is 7.15. The number of aryl methyl sites for hydroxylation is 4. The predicted molar refractivity (Wildman–Crippen MR) is 91.2 cm³/mol. The Labute approximate surface area is 139 Å². The fourth-order valence-electron chi connectivity index (χ4n) is 2.47. The van der Waals surface area contributed by atoms with Crippen molar-refractivity contribution in [2.45, 2.75) is 26.9 Å². The molecule has 0 aliphatic carbocycles. The summed E-state index contributed by atoms with van der Waals surface area (Å²) in [5, 5.41) is 13.3. The highest BCUT2D eigenvalue weighted by atomic mass is 32.1. The summed E-state index contributed by atoms with van der Waals surface area (Å²) < 4.78 is 4.15. The maximum atomic E-state index is 8.77. The van der Waals surface area contributed by atoms with Crippen LogP contribution in [0.3, 0.4) is 0 Å². The van der Waals surface area contributed by atoms with Gasteiger partial charge in [-0.1, -0.05) is 11.8 Å². The normalized spacial score (nSPS) is 10.6. The zero-order valence-electron chi connectivity index (χ0n) is 13.2. The van der Waals surface area contributed by atoms with Gasteiger partial charge in [-0.2, -0.15) is 5.10 Å². The second-order valence-electron chi connectivity index (χ2n) is 5.22. The van der Waals surface area contributed by atoms with Gasteiger partial charge in [-0.05, 0) is 32.0 Å². The highest BCUT2D eigenvalue weighted by Crippen LogP contribution is 2.26. The number of aliphatic hydroxyl groups is 1. The van der Waals surface area contributed by atoms with Gasteiger partial charge < -0.3 is 9.67 Å². The largest absolute Gasteiger partial charge is 0.384 e. The van der Waals surface area contributed by atoms with Gasteiger partial charge in [-0.15, -0.1) is 11.3 Å². The molecule has 3 aromatic rings. The lowest BCUT2D eigenvalue weighted by Gasteiger charge is -2.08. The van der Waals surface area contributed by atoms with Gasteiger partial charge in [-0.3, -0.25) is 4.68 Å². The second-order valence-corrected chi connectivity index (χ2v) is 6.30. The van der Waals surface area contributed by atoms with Crippen LogP contribution in [0.1, 0.15) is 16.3 Å². The van der Waals surface area contributed by atoms with Crippen molar-refractivity contribution >= 4 is 11.3 Å². The Hall–Kier alpha value is -2.36. The number of aliphatic hydroxyl groups excluding tert-OH is 1. The van der Waals surface area contributed by atoms with Crippen molar-refractivity contribution in [1.29, 1.82) is 0 Å². The van der Waals surface area contributed by atoms with Crippen LogP contribution in [0.25, 0.3) is 10.7 Å². The Kier molecular flexibility index (Phi) is 4.60. The van der Waals surface area contributed by atoms with E-state index in [1.165, 1.54) is 5.69 Å². The summed E-state index contributed by atoms with van der Waals surface area (Å²) in [6.45, 7) is 5.58. The van der Waals surface area contributed by atoms with Gasteiger partial charge >= 0.3 is 0 Å². The third kappa shape index (κ3) is 3.52. The van der Waals surface area contributed by atoms with Gasteiger partial charge in [0.05, 0.1) is 22.0 Å². The fraction of sp³-hybridized carbons (Fsp3) is 0.294. The Morgan fingerprint density at radius 2 is 2.13 bits per heavy atom. The standard InChI is InChI=1S/C17H18N4OS/c1-13-12-14(2)21(19-13)10-9-20-8-7-18-17(20)16-6-5-15(23-16)4-3-11-22/h5-8,12,22H,9-11H2,1-2H3. The van der Waals surface area contributed by atoms with Crippen LogP contribution in [-0.2, 0) is 13.1 Å². The molecule has 0 amide bonds. The predicted octanol–water partition coefficient (Wildman–Crippen LogP) is 2.47. The van der Waals surface area contributed by atoms with Crippen LogP contribution in [0.5, 0.6) is 0 Å². The average molecular weight is 326 g/mol. The Bertz CT molecular complexity index is 863. The topological polar surface area (TPSA) is 55.9 Å². The average Bonchev–Trinajstić information content (AvgIpc) is 3.23. The minimum absolute atomic E-state index is 0.121. The van der Waals surface area contributed by atoms with Crippen LogP contribution in [0, 0.1) is 25.7 Å². The van der Waals surface area contributed by atoms with E-state index in [0.717, 1.165) is 34.4 Å². The molecule has 6 heteroatoms. The SMILES string of the molecule is Cc1cc(C)n(CCn2ccnc2-c2ccc(C#CCO)s2)n1. The molecule has 118 valence electrons. The molecule has 0 aromatic carbocycles. The Morgan fingerprint density at radius 3 is 2.87 bits per heavy atom. The van der Waals surface area contributed by atoms with E-state index in [1.54, 1.807) is 11.3 Å². The molecule has 0 saturated carbocycles. The van der Waals surface area contributed by atoms with Crippen LogP contribution >= 0.6 is 11.3 Å². The lowest BCUT2D eigenvalue weighted by Crippen LogP contribution is -2.10. The highest BCUT2D eigenvalue weighted by Gasteiger charge is 2.09. The van der Waals surface area contributed by atoms with Gasteiger partial charge in [-0.25, -0.2) is 4.98 Å². The zero-order chi connectivity index (χ0) is 16.2. The van der Waals surface area contributed by atoms with Crippen LogP contribution in [0.2, 0.25) is 0 Å². The van der Waals surface area contributed by atoms with Crippen LogP contribution in [0.4, 0.5) is 0 Å². The molecule has 0 saturated heterocycles. The van der Waals surface area contributed by atoms with Crippen LogP contribution < -0.4 is 0 Å². The van der Waals surface area contributed by atoms with Crippen LogP contribution in [0.15, 0.2) is 30.6 Å². The van der Waals surface area contributed by atoms with Gasteiger partial charge in [0.15, 0.2) is 0 Å². The number of hydrogen-bond acceptors (Lipinski definition) is 4. The van der Waals surface area contributed by atoms with Gasteiger partial charge in [0.25, 0.3) is 0 Å². The van der Waals surface area contributed by atoms with Crippen molar-refractivity contribution in [2.24, 2.45) is 0 Å². The van der Waals surface area contributed by atoms with E-state index in [1.807, 2.05) is 36.1 Å². The minimum Gasteiger partial charge on any atom is -0.384 e. The van der Waals surface area contributed by atoms with Crippen molar-refractivity contribution in [2.75, 3.05) is 6.61 Å². The molecule has 0 aliphatic rings. The number of rotatable bonds is 4. The molecule has 5 nitrogen and oxygen atoms in total. The van der Waals surface area contributed by atoms with E-state index < -0.39 is 0 Å². The van der Waals surface area contributed by atoms with Crippen molar-refractivity contribution in [3.8, 4) is 22.5 Å². The number of imidazole rings is 1. The summed E-state index contributed by atoms with van der Waals surface area (Å²) in [7, 11) is 0. The summed E-state index contributed by atoms with van der Waals surface area (Å²) in [6.07, 6.45) is 3.80. The minimum atomic E-state index is -0.121. The molecule has 0 atom stereocenters. The van der Waals surface area contributed by atoms with E-state index in [-0.39, 0.29) is 6.61 Å². The first-order valence-electron chi connectivity index (χ1n) is 7.39. The fourth-order valence-corrected chi connectivity index (χ4v) is 3.36. The van der Waals surface area contributed by atoms with Crippen molar-refractivity contribution in [3.05, 3.63) is 46.9 Å². The third-order valence-electron chi connectivity index (χ3n) is 3.49. The molecule has 0 radical (unpaired) electrons. The van der Waals surface area contributed by atoms with Gasteiger partial charge in [0, 0.05) is 24.6 Å². The van der Waals surface area contributed by atoms with E-state index in [2.05, 4.69) is 39.5 Å². The lowest BCUT2D eigenvalue weighted by atomic mass is 10.4. The van der Waals surface area contributed by atoms with Gasteiger partial charge in [0.2, 0.25) is 0 Å². The number of aromatic nitrogens is 4. The summed E-state index contributed by atoms with van der Waals surface area (Å²) in [6, 6.07) is 6.07. The summed E-state index contributed by atoms with van der Waals surface area (Å²) >= 11 is 1.58. The molecule has 0 unspecified atom stereocenters. The first-order valence-corrected chi connectivity index (χ1v) is 8.21. The van der Waals surface area contributed by atoms with Crippen LogP contribution in [-0.4, -0.2) is 31.0 Å². The molecule has 3 aromatic heterocycles. The van der Waals surface area contributed by atoms with Crippen molar-refractivity contribution in [3.63, 3.8) is 0 Å². The lowest BCUT2D eigenvalue weighted by molar-refractivity contribution is 0.350. The molecule has 0 fully saturated rings. The third-order valence-corrected chi connectivity index (χ3v) is 4.49.